The van der Waals surface area contributed by atoms with Gasteiger partial charge < -0.3 is 15.0 Å². The number of rotatable bonds is 8. The van der Waals surface area contributed by atoms with Gasteiger partial charge >= 0.3 is 0 Å². The third-order valence-electron chi connectivity index (χ3n) is 4.07. The van der Waals surface area contributed by atoms with Crippen LogP contribution in [0.15, 0.2) is 48.5 Å². The molecule has 0 unspecified atom stereocenters. The number of hydrogen-bond acceptors (Lipinski definition) is 3. The maximum atomic E-state index is 12.3. The van der Waals surface area contributed by atoms with E-state index in [4.69, 9.17) is 4.74 Å². The number of anilines is 1. The minimum absolute atomic E-state index is 0.0942. The Bertz CT molecular complexity index is 649. The Morgan fingerprint density at radius 3 is 2.33 bits per heavy atom. The van der Waals surface area contributed by atoms with Crippen LogP contribution >= 0.6 is 0 Å². The van der Waals surface area contributed by atoms with Crippen LogP contribution < -0.4 is 10.1 Å². The molecule has 24 heavy (non-hydrogen) atoms. The molecule has 0 fully saturated rings. The molecule has 0 saturated carbocycles. The first kappa shape index (κ1) is 18.0. The molecule has 0 radical (unpaired) electrons. The van der Waals surface area contributed by atoms with Crippen molar-refractivity contribution >= 4 is 11.6 Å². The highest BCUT2D eigenvalue weighted by Gasteiger charge is 2.08. The lowest BCUT2D eigenvalue weighted by atomic mass is 10.1. The van der Waals surface area contributed by atoms with Crippen LogP contribution in [0.2, 0.25) is 0 Å². The van der Waals surface area contributed by atoms with Crippen LogP contribution in [-0.4, -0.2) is 37.0 Å². The minimum atomic E-state index is -0.0942. The minimum Gasteiger partial charge on any atom is -0.492 e. The number of amides is 1. The molecule has 0 aliphatic rings. The molecule has 4 heteroatoms. The molecule has 2 aromatic carbocycles. The highest BCUT2D eigenvalue weighted by molar-refractivity contribution is 6.05. The summed E-state index contributed by atoms with van der Waals surface area (Å²) in [5.74, 6) is 0.722. The predicted molar refractivity (Wildman–Crippen MR) is 98.9 cm³/mol. The maximum Gasteiger partial charge on any atom is 0.255 e. The standard InChI is InChI=1S/C20H26N2O2/c1-4-22(5-2)14-15-24-18-12-10-17(11-13-18)21-20(23)19-9-7-6-8-16(19)3/h6-13H,4-5,14-15H2,1-3H3,(H,21,23). The van der Waals surface area contributed by atoms with Gasteiger partial charge in [-0.15, -0.1) is 0 Å². The first-order valence-corrected chi connectivity index (χ1v) is 8.46. The molecule has 0 aliphatic heterocycles. The normalized spacial score (nSPS) is 10.7. The Balaban J connectivity index is 1.88. The van der Waals surface area contributed by atoms with E-state index in [0.717, 1.165) is 36.6 Å². The van der Waals surface area contributed by atoms with Crippen molar-refractivity contribution in [1.29, 1.82) is 0 Å². The lowest BCUT2D eigenvalue weighted by molar-refractivity contribution is 0.102. The third-order valence-corrected chi connectivity index (χ3v) is 4.07. The maximum absolute atomic E-state index is 12.3. The van der Waals surface area contributed by atoms with Gasteiger partial charge in [0.05, 0.1) is 0 Å². The Morgan fingerprint density at radius 2 is 1.71 bits per heavy atom. The molecule has 0 spiro atoms. The number of ether oxygens (including phenoxy) is 1. The number of aryl methyl sites for hydroxylation is 1. The molecule has 1 N–H and O–H groups in total. The van der Waals surface area contributed by atoms with Gasteiger partial charge in [0.1, 0.15) is 12.4 Å². The second-order valence-electron chi connectivity index (χ2n) is 5.67. The molecule has 0 aliphatic carbocycles. The molecule has 2 rings (SSSR count). The predicted octanol–water partition coefficient (Wildman–Crippen LogP) is 3.97. The fourth-order valence-corrected chi connectivity index (χ4v) is 2.49. The number of likely N-dealkylation sites (N-methyl/N-ethyl adjacent to an activating group) is 1. The van der Waals surface area contributed by atoms with Gasteiger partial charge in [-0.3, -0.25) is 4.79 Å². The van der Waals surface area contributed by atoms with E-state index in [9.17, 15) is 4.79 Å². The van der Waals surface area contributed by atoms with E-state index >= 15 is 0 Å². The number of benzene rings is 2. The largest absolute Gasteiger partial charge is 0.492 e. The Labute approximate surface area is 144 Å². The van der Waals surface area contributed by atoms with E-state index in [0.29, 0.717) is 12.2 Å². The zero-order valence-electron chi connectivity index (χ0n) is 14.7. The molecule has 1 amide bonds. The summed E-state index contributed by atoms with van der Waals surface area (Å²) in [6.07, 6.45) is 0. The van der Waals surface area contributed by atoms with Gasteiger partial charge in [-0.05, 0) is 55.9 Å². The topological polar surface area (TPSA) is 41.6 Å². The fourth-order valence-electron chi connectivity index (χ4n) is 2.49. The van der Waals surface area contributed by atoms with Crippen LogP contribution in [0.1, 0.15) is 29.8 Å². The Morgan fingerprint density at radius 1 is 1.04 bits per heavy atom. The Hall–Kier alpha value is -2.33. The summed E-state index contributed by atoms with van der Waals surface area (Å²) in [6, 6.07) is 15.1. The Kier molecular flexibility index (Phi) is 6.82. The summed E-state index contributed by atoms with van der Waals surface area (Å²) < 4.78 is 5.75. The van der Waals surface area contributed by atoms with Gasteiger partial charge in [0.2, 0.25) is 0 Å². The highest BCUT2D eigenvalue weighted by Crippen LogP contribution is 2.17. The van der Waals surface area contributed by atoms with Crippen molar-refractivity contribution in [2.24, 2.45) is 0 Å². The number of nitrogens with zero attached hydrogens (tertiary/aromatic N) is 1. The van der Waals surface area contributed by atoms with Crippen LogP contribution in [0.5, 0.6) is 5.75 Å². The van der Waals surface area contributed by atoms with E-state index < -0.39 is 0 Å². The molecule has 0 heterocycles. The fraction of sp³-hybridized carbons (Fsp3) is 0.350. The molecule has 0 aromatic heterocycles. The van der Waals surface area contributed by atoms with E-state index in [1.807, 2.05) is 55.5 Å². The van der Waals surface area contributed by atoms with E-state index in [2.05, 4.69) is 24.1 Å². The molecule has 0 atom stereocenters. The molecular formula is C20H26N2O2. The lowest BCUT2D eigenvalue weighted by Crippen LogP contribution is -2.27. The van der Waals surface area contributed by atoms with Crippen molar-refractivity contribution in [3.63, 3.8) is 0 Å². The smallest absolute Gasteiger partial charge is 0.255 e. The van der Waals surface area contributed by atoms with Crippen LogP contribution in [0.25, 0.3) is 0 Å². The first-order valence-electron chi connectivity index (χ1n) is 8.46. The summed E-state index contributed by atoms with van der Waals surface area (Å²) in [5, 5.41) is 2.92. The number of carbonyl (C=O) groups excluding carboxylic acids is 1. The SMILES string of the molecule is CCN(CC)CCOc1ccc(NC(=O)c2ccccc2C)cc1. The second kappa shape index (κ2) is 9.08. The quantitative estimate of drug-likeness (QED) is 0.798. The van der Waals surface area contributed by atoms with E-state index in [-0.39, 0.29) is 5.91 Å². The van der Waals surface area contributed by atoms with Crippen molar-refractivity contribution in [2.75, 3.05) is 31.6 Å². The van der Waals surface area contributed by atoms with Crippen molar-refractivity contribution in [2.45, 2.75) is 20.8 Å². The molecule has 2 aromatic rings. The van der Waals surface area contributed by atoms with Crippen molar-refractivity contribution in [3.8, 4) is 5.75 Å². The second-order valence-corrected chi connectivity index (χ2v) is 5.67. The van der Waals surface area contributed by atoms with Gasteiger partial charge in [-0.1, -0.05) is 32.0 Å². The van der Waals surface area contributed by atoms with Gasteiger partial charge in [0.25, 0.3) is 5.91 Å². The lowest BCUT2D eigenvalue weighted by Gasteiger charge is -2.18. The summed E-state index contributed by atoms with van der Waals surface area (Å²) >= 11 is 0. The van der Waals surface area contributed by atoms with E-state index in [1.165, 1.54) is 0 Å². The van der Waals surface area contributed by atoms with Crippen LogP contribution in [0, 0.1) is 6.92 Å². The van der Waals surface area contributed by atoms with E-state index in [1.54, 1.807) is 0 Å². The van der Waals surface area contributed by atoms with Gasteiger partial charge in [0.15, 0.2) is 0 Å². The van der Waals surface area contributed by atoms with Gasteiger partial charge in [-0.2, -0.15) is 0 Å². The monoisotopic (exact) mass is 326 g/mol. The van der Waals surface area contributed by atoms with Crippen LogP contribution in [0.3, 0.4) is 0 Å². The van der Waals surface area contributed by atoms with Crippen molar-refractivity contribution in [3.05, 3.63) is 59.7 Å². The zero-order chi connectivity index (χ0) is 17.4. The summed E-state index contributed by atoms with van der Waals surface area (Å²) in [6.45, 7) is 9.87. The first-order chi connectivity index (χ1) is 11.6. The number of nitrogens with one attached hydrogen (secondary N) is 1. The molecule has 128 valence electrons. The average molecular weight is 326 g/mol. The van der Waals surface area contributed by atoms with Crippen molar-refractivity contribution < 1.29 is 9.53 Å². The molecular weight excluding hydrogens is 300 g/mol. The zero-order valence-corrected chi connectivity index (χ0v) is 14.7. The molecule has 4 nitrogen and oxygen atoms in total. The van der Waals surface area contributed by atoms with Gasteiger partial charge in [-0.25, -0.2) is 0 Å². The average Bonchev–Trinajstić information content (AvgIpc) is 2.60. The molecule has 0 bridgehead atoms. The number of carbonyl (C=O) groups is 1. The van der Waals surface area contributed by atoms with Gasteiger partial charge in [0, 0.05) is 17.8 Å². The van der Waals surface area contributed by atoms with Crippen molar-refractivity contribution in [1.82, 2.24) is 4.90 Å². The summed E-state index contributed by atoms with van der Waals surface area (Å²) in [4.78, 5) is 14.6. The summed E-state index contributed by atoms with van der Waals surface area (Å²) in [5.41, 5.74) is 2.42. The van der Waals surface area contributed by atoms with Crippen LogP contribution in [-0.2, 0) is 0 Å². The van der Waals surface area contributed by atoms with Crippen LogP contribution in [0.4, 0.5) is 5.69 Å². The number of hydrogen-bond donors (Lipinski definition) is 1. The highest BCUT2D eigenvalue weighted by atomic mass is 16.5. The summed E-state index contributed by atoms with van der Waals surface area (Å²) in [7, 11) is 0. The molecule has 0 saturated heterocycles. The third kappa shape index (κ3) is 5.10.